The van der Waals surface area contributed by atoms with Crippen LogP contribution < -0.4 is 10.1 Å². The summed E-state index contributed by atoms with van der Waals surface area (Å²) >= 11 is 6.12. The van der Waals surface area contributed by atoms with Crippen molar-refractivity contribution >= 4 is 23.4 Å². The topological polar surface area (TPSA) is 71.5 Å². The molecule has 0 bridgehead atoms. The summed E-state index contributed by atoms with van der Waals surface area (Å²) in [7, 11) is 1.58. The second kappa shape index (κ2) is 6.25. The predicted octanol–water partition coefficient (Wildman–Crippen LogP) is 3.05. The Hall–Kier alpha value is -2.27. The Balaban J connectivity index is 2.11. The molecule has 0 spiro atoms. The summed E-state index contributed by atoms with van der Waals surface area (Å²) in [6.07, 6.45) is 1.30. The molecular formula is C14H13ClN2O3. The molecule has 1 aromatic heterocycles. The van der Waals surface area contributed by atoms with E-state index in [0.29, 0.717) is 23.1 Å². The van der Waals surface area contributed by atoms with Gasteiger partial charge in [-0.05, 0) is 24.3 Å². The van der Waals surface area contributed by atoms with Crippen LogP contribution in [0.2, 0.25) is 5.02 Å². The number of halogens is 1. The molecular weight excluding hydrogens is 280 g/mol. The number of benzene rings is 1. The number of nitrogens with zero attached hydrogens (tertiary/aromatic N) is 1. The van der Waals surface area contributed by atoms with Crippen LogP contribution in [-0.2, 0) is 6.54 Å². The van der Waals surface area contributed by atoms with Crippen molar-refractivity contribution in [1.82, 2.24) is 4.98 Å². The van der Waals surface area contributed by atoms with E-state index in [4.69, 9.17) is 21.4 Å². The van der Waals surface area contributed by atoms with Crippen LogP contribution in [0.5, 0.6) is 5.75 Å². The largest absolute Gasteiger partial charge is 0.496 e. The summed E-state index contributed by atoms with van der Waals surface area (Å²) in [5, 5.41) is 12.5. The molecule has 1 aromatic carbocycles. The number of carboxylic acids is 1. The minimum Gasteiger partial charge on any atom is -0.496 e. The van der Waals surface area contributed by atoms with Crippen molar-refractivity contribution in [2.24, 2.45) is 0 Å². The average Bonchev–Trinajstić information content (AvgIpc) is 2.46. The van der Waals surface area contributed by atoms with Gasteiger partial charge in [0, 0.05) is 23.3 Å². The number of carbonyl (C=O) groups is 1. The van der Waals surface area contributed by atoms with E-state index in [0.717, 1.165) is 5.56 Å². The van der Waals surface area contributed by atoms with Gasteiger partial charge in [0.15, 0.2) is 0 Å². The van der Waals surface area contributed by atoms with Crippen molar-refractivity contribution in [2.45, 2.75) is 6.54 Å². The van der Waals surface area contributed by atoms with E-state index in [1.807, 2.05) is 12.1 Å². The Labute approximate surface area is 121 Å². The molecule has 1 heterocycles. The molecule has 20 heavy (non-hydrogen) atoms. The van der Waals surface area contributed by atoms with Crippen LogP contribution in [0.3, 0.4) is 0 Å². The molecule has 0 aliphatic carbocycles. The van der Waals surface area contributed by atoms with Crippen molar-refractivity contribution in [3.8, 4) is 5.75 Å². The number of methoxy groups -OCH3 is 1. The Morgan fingerprint density at radius 1 is 1.40 bits per heavy atom. The monoisotopic (exact) mass is 292 g/mol. The van der Waals surface area contributed by atoms with Gasteiger partial charge in [-0.2, -0.15) is 0 Å². The Bertz CT molecular complexity index is 614. The summed E-state index contributed by atoms with van der Waals surface area (Å²) in [5.41, 5.74) is 0.964. The zero-order valence-electron chi connectivity index (χ0n) is 10.8. The molecule has 0 saturated carbocycles. The summed E-state index contributed by atoms with van der Waals surface area (Å²) in [4.78, 5) is 14.7. The number of hydrogen-bond donors (Lipinski definition) is 2. The third kappa shape index (κ3) is 3.19. The first-order valence-electron chi connectivity index (χ1n) is 5.86. The van der Waals surface area contributed by atoms with Crippen LogP contribution in [0.25, 0.3) is 0 Å². The lowest BCUT2D eigenvalue weighted by molar-refractivity contribution is 0.0696. The quantitative estimate of drug-likeness (QED) is 0.886. The minimum absolute atomic E-state index is 0.144. The lowest BCUT2D eigenvalue weighted by Gasteiger charge is -2.11. The lowest BCUT2D eigenvalue weighted by Crippen LogP contribution is -2.05. The molecule has 2 aromatic rings. The average molecular weight is 293 g/mol. The molecule has 0 aliphatic rings. The first-order chi connectivity index (χ1) is 9.61. The number of carboxylic acid groups (broad SMARTS) is 1. The predicted molar refractivity (Wildman–Crippen MR) is 76.5 cm³/mol. The highest BCUT2D eigenvalue weighted by molar-refractivity contribution is 6.31. The highest BCUT2D eigenvalue weighted by Crippen LogP contribution is 2.26. The normalized spacial score (nSPS) is 10.1. The highest BCUT2D eigenvalue weighted by atomic mass is 35.5. The fourth-order valence-electron chi connectivity index (χ4n) is 1.71. The summed E-state index contributed by atoms with van der Waals surface area (Å²) in [5.74, 6) is 0.251. The van der Waals surface area contributed by atoms with Gasteiger partial charge in [-0.1, -0.05) is 17.7 Å². The molecule has 0 aliphatic heterocycles. The van der Waals surface area contributed by atoms with Crippen LogP contribution in [0.4, 0.5) is 5.82 Å². The lowest BCUT2D eigenvalue weighted by atomic mass is 10.2. The number of aromatic nitrogens is 1. The summed E-state index contributed by atoms with van der Waals surface area (Å²) in [6.45, 7) is 0.433. The molecule has 6 heteroatoms. The maximum absolute atomic E-state index is 10.7. The minimum atomic E-state index is -1.00. The third-order valence-electron chi connectivity index (χ3n) is 2.75. The number of anilines is 1. The van der Waals surface area contributed by atoms with Crippen molar-refractivity contribution < 1.29 is 14.6 Å². The molecule has 0 saturated heterocycles. The first kappa shape index (κ1) is 14.1. The zero-order valence-corrected chi connectivity index (χ0v) is 11.5. The van der Waals surface area contributed by atoms with Crippen molar-refractivity contribution in [3.05, 3.63) is 52.7 Å². The second-order valence-electron chi connectivity index (χ2n) is 4.01. The van der Waals surface area contributed by atoms with E-state index >= 15 is 0 Å². The molecule has 5 nitrogen and oxygen atoms in total. The van der Waals surface area contributed by atoms with E-state index in [9.17, 15) is 4.79 Å². The van der Waals surface area contributed by atoms with E-state index in [2.05, 4.69) is 10.3 Å². The molecule has 0 unspecified atom stereocenters. The van der Waals surface area contributed by atoms with Crippen LogP contribution in [0.1, 0.15) is 15.9 Å². The number of ether oxygens (including phenoxy) is 1. The maximum Gasteiger partial charge on any atom is 0.337 e. The SMILES string of the molecule is COc1cccc(Cl)c1CNc1ccc(C(=O)O)cn1. The number of rotatable bonds is 5. The van der Waals surface area contributed by atoms with Crippen LogP contribution in [0.15, 0.2) is 36.5 Å². The van der Waals surface area contributed by atoms with Crippen molar-refractivity contribution in [2.75, 3.05) is 12.4 Å². The molecule has 0 amide bonds. The van der Waals surface area contributed by atoms with Gasteiger partial charge < -0.3 is 15.2 Å². The zero-order chi connectivity index (χ0) is 14.5. The van der Waals surface area contributed by atoms with Gasteiger partial charge in [-0.25, -0.2) is 9.78 Å². The van der Waals surface area contributed by atoms with Gasteiger partial charge in [0.25, 0.3) is 0 Å². The maximum atomic E-state index is 10.7. The molecule has 2 rings (SSSR count). The summed E-state index contributed by atoms with van der Waals surface area (Å²) in [6, 6.07) is 8.50. The fourth-order valence-corrected chi connectivity index (χ4v) is 1.94. The van der Waals surface area contributed by atoms with Gasteiger partial charge in [0.1, 0.15) is 11.6 Å². The first-order valence-corrected chi connectivity index (χ1v) is 6.24. The summed E-state index contributed by atoms with van der Waals surface area (Å²) < 4.78 is 5.24. The highest BCUT2D eigenvalue weighted by Gasteiger charge is 2.08. The molecule has 0 fully saturated rings. The number of aromatic carboxylic acids is 1. The second-order valence-corrected chi connectivity index (χ2v) is 4.42. The standard InChI is InChI=1S/C14H13ClN2O3/c1-20-12-4-2-3-11(15)10(12)8-17-13-6-5-9(7-16-13)14(18)19/h2-7H,8H2,1H3,(H,16,17)(H,18,19). The van der Waals surface area contributed by atoms with Gasteiger partial charge in [0.2, 0.25) is 0 Å². The molecule has 104 valence electrons. The van der Waals surface area contributed by atoms with E-state index in [1.54, 1.807) is 19.2 Å². The van der Waals surface area contributed by atoms with Gasteiger partial charge in [-0.3, -0.25) is 0 Å². The molecule has 2 N–H and O–H groups in total. The van der Waals surface area contributed by atoms with E-state index in [-0.39, 0.29) is 5.56 Å². The Morgan fingerprint density at radius 3 is 2.80 bits per heavy atom. The number of pyridine rings is 1. The molecule has 0 atom stereocenters. The van der Waals surface area contributed by atoms with E-state index < -0.39 is 5.97 Å². The van der Waals surface area contributed by atoms with Gasteiger partial charge >= 0.3 is 5.97 Å². The molecule has 0 radical (unpaired) electrons. The van der Waals surface area contributed by atoms with Crippen molar-refractivity contribution in [3.63, 3.8) is 0 Å². The van der Waals surface area contributed by atoms with Gasteiger partial charge in [-0.15, -0.1) is 0 Å². The van der Waals surface area contributed by atoms with Crippen LogP contribution >= 0.6 is 11.6 Å². The van der Waals surface area contributed by atoms with Crippen LogP contribution in [-0.4, -0.2) is 23.2 Å². The van der Waals surface area contributed by atoms with E-state index in [1.165, 1.54) is 12.3 Å². The number of hydrogen-bond acceptors (Lipinski definition) is 4. The fraction of sp³-hybridized carbons (Fsp3) is 0.143. The Morgan fingerprint density at radius 2 is 2.20 bits per heavy atom. The van der Waals surface area contributed by atoms with Crippen molar-refractivity contribution in [1.29, 1.82) is 0 Å². The smallest absolute Gasteiger partial charge is 0.337 e. The Kier molecular flexibility index (Phi) is 4.42. The van der Waals surface area contributed by atoms with Gasteiger partial charge in [0.05, 0.1) is 12.7 Å². The number of nitrogens with one attached hydrogen (secondary N) is 1. The third-order valence-corrected chi connectivity index (χ3v) is 3.11. The van der Waals surface area contributed by atoms with Crippen LogP contribution in [0, 0.1) is 0 Å².